The van der Waals surface area contributed by atoms with Crippen LogP contribution in [-0.2, 0) is 11.2 Å². The lowest BCUT2D eigenvalue weighted by Gasteiger charge is -2.22. The standard InChI is InChI=1S/C13H15N5OS/c1-8-6-9-4-2-3-5-10(9)18(8)11(19)7-20-13-15-12(14)16-17-13/h2-5,8H,6-7H2,1H3,(H3,14,15,16,17). The van der Waals surface area contributed by atoms with Crippen molar-refractivity contribution in [1.29, 1.82) is 0 Å². The van der Waals surface area contributed by atoms with Crippen molar-refractivity contribution < 1.29 is 4.79 Å². The van der Waals surface area contributed by atoms with Crippen molar-refractivity contribution in [3.63, 3.8) is 0 Å². The molecule has 1 atom stereocenters. The molecular formula is C13H15N5OS. The highest BCUT2D eigenvalue weighted by atomic mass is 32.2. The van der Waals surface area contributed by atoms with E-state index in [4.69, 9.17) is 5.73 Å². The molecule has 0 bridgehead atoms. The van der Waals surface area contributed by atoms with Crippen molar-refractivity contribution in [3.8, 4) is 0 Å². The third kappa shape index (κ3) is 2.36. The van der Waals surface area contributed by atoms with E-state index in [-0.39, 0.29) is 17.9 Å². The first-order valence-electron chi connectivity index (χ1n) is 6.36. The number of anilines is 2. The minimum absolute atomic E-state index is 0.0656. The van der Waals surface area contributed by atoms with E-state index in [1.807, 2.05) is 23.1 Å². The quantitative estimate of drug-likeness (QED) is 0.835. The molecular weight excluding hydrogens is 274 g/mol. The number of carbonyl (C=O) groups is 1. The molecule has 104 valence electrons. The zero-order valence-electron chi connectivity index (χ0n) is 11.0. The number of rotatable bonds is 3. The number of nitrogen functional groups attached to an aromatic ring is 1. The van der Waals surface area contributed by atoms with Gasteiger partial charge in [-0.1, -0.05) is 30.0 Å². The zero-order valence-corrected chi connectivity index (χ0v) is 11.9. The first kappa shape index (κ1) is 13.0. The van der Waals surface area contributed by atoms with Crippen LogP contribution in [-0.4, -0.2) is 32.9 Å². The zero-order chi connectivity index (χ0) is 14.1. The van der Waals surface area contributed by atoms with Crippen molar-refractivity contribution in [2.45, 2.75) is 24.5 Å². The van der Waals surface area contributed by atoms with E-state index in [2.05, 4.69) is 28.2 Å². The van der Waals surface area contributed by atoms with Crippen molar-refractivity contribution in [2.75, 3.05) is 16.4 Å². The predicted octanol–water partition coefficient (Wildman–Crippen LogP) is 1.46. The number of carbonyl (C=O) groups excluding carboxylic acids is 1. The molecule has 0 spiro atoms. The fraction of sp³-hybridized carbons (Fsp3) is 0.308. The first-order chi connectivity index (χ1) is 9.65. The number of nitrogens with two attached hydrogens (primary N) is 1. The highest BCUT2D eigenvalue weighted by Crippen LogP contribution is 2.32. The molecule has 1 aliphatic heterocycles. The van der Waals surface area contributed by atoms with Gasteiger partial charge in [0.25, 0.3) is 0 Å². The number of benzene rings is 1. The number of nitrogens with one attached hydrogen (secondary N) is 1. The van der Waals surface area contributed by atoms with Gasteiger partial charge in [0.05, 0.1) is 5.75 Å². The Morgan fingerprint density at radius 1 is 1.55 bits per heavy atom. The van der Waals surface area contributed by atoms with E-state index in [0.717, 1.165) is 12.1 Å². The van der Waals surface area contributed by atoms with Crippen LogP contribution in [0, 0.1) is 0 Å². The summed E-state index contributed by atoms with van der Waals surface area (Å²) in [5.41, 5.74) is 7.69. The van der Waals surface area contributed by atoms with Gasteiger partial charge in [0.2, 0.25) is 17.0 Å². The molecule has 20 heavy (non-hydrogen) atoms. The summed E-state index contributed by atoms with van der Waals surface area (Å²) in [4.78, 5) is 18.2. The van der Waals surface area contributed by atoms with Crippen LogP contribution in [0.25, 0.3) is 0 Å². The number of thioether (sulfide) groups is 1. The van der Waals surface area contributed by atoms with Crippen LogP contribution in [0.4, 0.5) is 11.6 Å². The molecule has 0 saturated heterocycles. The third-order valence-electron chi connectivity index (χ3n) is 3.28. The maximum absolute atomic E-state index is 12.4. The average molecular weight is 289 g/mol. The number of fused-ring (bicyclic) bond motifs is 1. The van der Waals surface area contributed by atoms with Crippen LogP contribution < -0.4 is 10.6 Å². The van der Waals surface area contributed by atoms with Gasteiger partial charge in [-0.05, 0) is 25.0 Å². The fourth-order valence-corrected chi connectivity index (χ4v) is 3.13. The molecule has 1 amide bonds. The summed E-state index contributed by atoms with van der Waals surface area (Å²) in [7, 11) is 0. The number of H-pyrrole nitrogens is 1. The minimum atomic E-state index is 0.0656. The van der Waals surface area contributed by atoms with Gasteiger partial charge in [-0.3, -0.25) is 4.79 Å². The molecule has 3 rings (SSSR count). The predicted molar refractivity (Wildman–Crippen MR) is 78.6 cm³/mol. The summed E-state index contributed by atoms with van der Waals surface area (Å²) in [6.45, 7) is 2.06. The second-order valence-corrected chi connectivity index (χ2v) is 5.68. The summed E-state index contributed by atoms with van der Waals surface area (Å²) in [5, 5.41) is 6.96. The normalized spacial score (nSPS) is 17.2. The minimum Gasteiger partial charge on any atom is -0.368 e. The molecule has 2 heterocycles. The van der Waals surface area contributed by atoms with Crippen LogP contribution in [0.2, 0.25) is 0 Å². The maximum Gasteiger partial charge on any atom is 0.237 e. The highest BCUT2D eigenvalue weighted by molar-refractivity contribution is 7.99. The topological polar surface area (TPSA) is 87.9 Å². The lowest BCUT2D eigenvalue weighted by Crippen LogP contribution is -2.37. The molecule has 1 aromatic carbocycles. The van der Waals surface area contributed by atoms with Crippen LogP contribution in [0.1, 0.15) is 12.5 Å². The van der Waals surface area contributed by atoms with Crippen LogP contribution >= 0.6 is 11.8 Å². The van der Waals surface area contributed by atoms with Gasteiger partial charge in [0, 0.05) is 11.7 Å². The van der Waals surface area contributed by atoms with Crippen molar-refractivity contribution in [3.05, 3.63) is 29.8 Å². The molecule has 2 aromatic rings. The lowest BCUT2D eigenvalue weighted by atomic mass is 10.1. The third-order valence-corrected chi connectivity index (χ3v) is 4.11. The Morgan fingerprint density at radius 2 is 2.35 bits per heavy atom. The van der Waals surface area contributed by atoms with E-state index >= 15 is 0 Å². The molecule has 1 aromatic heterocycles. The average Bonchev–Trinajstić information content (AvgIpc) is 2.98. The van der Waals surface area contributed by atoms with E-state index in [1.165, 1.54) is 17.3 Å². The second kappa shape index (κ2) is 5.16. The molecule has 0 saturated carbocycles. The molecule has 7 heteroatoms. The lowest BCUT2D eigenvalue weighted by molar-refractivity contribution is -0.116. The SMILES string of the molecule is CC1Cc2ccccc2N1C(=O)CSc1n[nH]c(N)n1. The first-order valence-corrected chi connectivity index (χ1v) is 7.34. The molecule has 1 unspecified atom stereocenters. The maximum atomic E-state index is 12.4. The van der Waals surface area contributed by atoms with Gasteiger partial charge in [0.15, 0.2) is 0 Å². The Hall–Kier alpha value is -2.02. The van der Waals surface area contributed by atoms with Gasteiger partial charge in [-0.15, -0.1) is 5.10 Å². The monoisotopic (exact) mass is 289 g/mol. The van der Waals surface area contributed by atoms with Gasteiger partial charge >= 0.3 is 0 Å². The number of hydrogen-bond donors (Lipinski definition) is 2. The number of aromatic amines is 1. The molecule has 0 fully saturated rings. The Kier molecular flexibility index (Phi) is 3.35. The molecule has 0 aliphatic carbocycles. The molecule has 0 radical (unpaired) electrons. The summed E-state index contributed by atoms with van der Waals surface area (Å²) in [5.74, 6) is 0.631. The van der Waals surface area contributed by atoms with Gasteiger partial charge < -0.3 is 10.6 Å². The van der Waals surface area contributed by atoms with Gasteiger partial charge in [-0.25, -0.2) is 5.10 Å². The van der Waals surface area contributed by atoms with E-state index in [1.54, 1.807) is 0 Å². The summed E-state index contributed by atoms with van der Waals surface area (Å²) >= 11 is 1.29. The second-order valence-electron chi connectivity index (χ2n) is 4.74. The molecule has 3 N–H and O–H groups in total. The summed E-state index contributed by atoms with van der Waals surface area (Å²) < 4.78 is 0. The Bertz CT molecular complexity index is 641. The molecule has 1 aliphatic rings. The van der Waals surface area contributed by atoms with Gasteiger partial charge in [0.1, 0.15) is 0 Å². The Morgan fingerprint density at radius 3 is 3.10 bits per heavy atom. The van der Waals surface area contributed by atoms with Crippen LogP contribution in [0.3, 0.4) is 0 Å². The highest BCUT2D eigenvalue weighted by Gasteiger charge is 2.30. The number of para-hydroxylation sites is 1. The van der Waals surface area contributed by atoms with Gasteiger partial charge in [-0.2, -0.15) is 4.98 Å². The largest absolute Gasteiger partial charge is 0.368 e. The molecule has 6 nitrogen and oxygen atoms in total. The van der Waals surface area contributed by atoms with Crippen molar-refractivity contribution >= 4 is 29.3 Å². The Labute approximate surface area is 120 Å². The van der Waals surface area contributed by atoms with E-state index < -0.39 is 0 Å². The fourth-order valence-electron chi connectivity index (χ4n) is 2.46. The number of hydrogen-bond acceptors (Lipinski definition) is 5. The van der Waals surface area contributed by atoms with Crippen molar-refractivity contribution in [1.82, 2.24) is 15.2 Å². The van der Waals surface area contributed by atoms with E-state index in [9.17, 15) is 4.79 Å². The summed E-state index contributed by atoms with van der Waals surface area (Å²) in [6, 6.07) is 8.22. The van der Waals surface area contributed by atoms with Crippen molar-refractivity contribution in [2.24, 2.45) is 0 Å². The van der Waals surface area contributed by atoms with Crippen LogP contribution in [0.15, 0.2) is 29.4 Å². The number of aromatic nitrogens is 3. The number of nitrogens with zero attached hydrogens (tertiary/aromatic N) is 3. The van der Waals surface area contributed by atoms with E-state index in [0.29, 0.717) is 10.9 Å². The Balaban J connectivity index is 1.71. The number of amides is 1. The smallest absolute Gasteiger partial charge is 0.237 e. The van der Waals surface area contributed by atoms with Crippen LogP contribution in [0.5, 0.6) is 0 Å². The summed E-state index contributed by atoms with van der Waals surface area (Å²) in [6.07, 6.45) is 0.903.